The minimum atomic E-state index is -0.364. The van der Waals surface area contributed by atoms with Crippen LogP contribution in [0.3, 0.4) is 0 Å². The van der Waals surface area contributed by atoms with E-state index in [1.165, 1.54) is 6.33 Å². The molecule has 1 saturated heterocycles. The number of esters is 1. The lowest BCUT2D eigenvalue weighted by molar-refractivity contribution is -0.150. The van der Waals surface area contributed by atoms with Crippen LogP contribution in [0, 0.1) is 5.92 Å². The number of rotatable bonds is 7. The number of hydrogen-bond donors (Lipinski definition) is 1. The number of carbonyl (C=O) groups excluding carboxylic acids is 1. The van der Waals surface area contributed by atoms with Gasteiger partial charge in [-0.2, -0.15) is 0 Å². The first kappa shape index (κ1) is 17.6. The summed E-state index contributed by atoms with van der Waals surface area (Å²) >= 11 is 0. The topological polar surface area (TPSA) is 114 Å². The molecule has 0 amide bonds. The van der Waals surface area contributed by atoms with Crippen molar-refractivity contribution in [2.45, 2.75) is 39.0 Å². The third kappa shape index (κ3) is 3.72. The molecule has 1 aliphatic heterocycles. The summed E-state index contributed by atoms with van der Waals surface area (Å²) < 4.78 is 18.3. The van der Waals surface area contributed by atoms with Crippen molar-refractivity contribution in [1.82, 2.24) is 19.5 Å². The van der Waals surface area contributed by atoms with Crippen LogP contribution in [-0.2, 0) is 19.0 Å². The van der Waals surface area contributed by atoms with E-state index in [4.69, 9.17) is 19.9 Å². The van der Waals surface area contributed by atoms with Gasteiger partial charge in [-0.25, -0.2) is 19.7 Å². The van der Waals surface area contributed by atoms with Crippen molar-refractivity contribution in [3.63, 3.8) is 0 Å². The van der Waals surface area contributed by atoms with Crippen LogP contribution >= 0.6 is 0 Å². The molecule has 3 atom stereocenters. The summed E-state index contributed by atoms with van der Waals surface area (Å²) in [5.41, 5.74) is 7.08. The van der Waals surface area contributed by atoms with Gasteiger partial charge in [0.2, 0.25) is 0 Å². The maximum Gasteiger partial charge on any atom is 0.332 e. The van der Waals surface area contributed by atoms with Crippen molar-refractivity contribution in [3.05, 3.63) is 12.7 Å². The lowest BCUT2D eigenvalue weighted by Gasteiger charge is -2.19. The molecule has 9 nitrogen and oxygen atoms in total. The van der Waals surface area contributed by atoms with Gasteiger partial charge in [0.1, 0.15) is 24.7 Å². The summed E-state index contributed by atoms with van der Waals surface area (Å²) in [6.07, 6.45) is 4.60. The number of carbonyl (C=O) groups is 1. The van der Waals surface area contributed by atoms with E-state index in [2.05, 4.69) is 21.9 Å². The third-order valence-electron chi connectivity index (χ3n) is 4.32. The van der Waals surface area contributed by atoms with Gasteiger partial charge in [-0.3, -0.25) is 4.57 Å². The Morgan fingerprint density at radius 2 is 2.24 bits per heavy atom. The van der Waals surface area contributed by atoms with Gasteiger partial charge in [0.05, 0.1) is 25.6 Å². The van der Waals surface area contributed by atoms with Crippen molar-refractivity contribution in [2.24, 2.45) is 5.92 Å². The van der Waals surface area contributed by atoms with Crippen LogP contribution in [0.2, 0.25) is 0 Å². The number of imidazole rings is 1. The Balaban J connectivity index is 1.67. The number of nitrogen functional groups attached to an aromatic ring is 1. The number of anilines is 1. The first-order chi connectivity index (χ1) is 12.1. The summed E-state index contributed by atoms with van der Waals surface area (Å²) in [5, 5.41) is 0. The van der Waals surface area contributed by atoms with Gasteiger partial charge in [0, 0.05) is 5.92 Å². The molecule has 25 heavy (non-hydrogen) atoms. The molecule has 3 unspecified atom stereocenters. The number of hydrogen-bond acceptors (Lipinski definition) is 8. The zero-order valence-corrected chi connectivity index (χ0v) is 14.4. The molecule has 1 aliphatic rings. The fourth-order valence-corrected chi connectivity index (χ4v) is 3.12. The lowest BCUT2D eigenvalue weighted by atomic mass is 10.0. The largest absolute Gasteiger partial charge is 0.464 e. The van der Waals surface area contributed by atoms with Crippen molar-refractivity contribution >= 4 is 23.0 Å². The minimum absolute atomic E-state index is 0.0626. The highest BCUT2D eigenvalue weighted by molar-refractivity contribution is 5.81. The predicted molar refractivity (Wildman–Crippen MR) is 89.5 cm³/mol. The molecule has 2 aromatic heterocycles. The van der Waals surface area contributed by atoms with Crippen LogP contribution in [0.15, 0.2) is 12.7 Å². The van der Waals surface area contributed by atoms with E-state index in [-0.39, 0.29) is 24.9 Å². The number of nitrogens with two attached hydrogens (primary N) is 1. The molecule has 0 aliphatic carbocycles. The number of fused-ring (bicyclic) bond motifs is 1. The van der Waals surface area contributed by atoms with E-state index in [0.717, 1.165) is 12.8 Å². The van der Waals surface area contributed by atoms with Crippen molar-refractivity contribution in [1.29, 1.82) is 0 Å². The van der Waals surface area contributed by atoms with Crippen LogP contribution < -0.4 is 5.73 Å². The molecule has 0 bridgehead atoms. The zero-order chi connectivity index (χ0) is 17.8. The molecule has 136 valence electrons. The Morgan fingerprint density at radius 1 is 1.40 bits per heavy atom. The monoisotopic (exact) mass is 349 g/mol. The molecule has 0 saturated carbocycles. The Kier molecular flexibility index (Phi) is 5.44. The summed E-state index contributed by atoms with van der Waals surface area (Å²) in [6, 6.07) is 0. The highest BCUT2D eigenvalue weighted by Gasteiger charge is 2.36. The van der Waals surface area contributed by atoms with E-state index in [1.54, 1.807) is 13.3 Å². The van der Waals surface area contributed by atoms with Crippen molar-refractivity contribution in [3.8, 4) is 0 Å². The molecule has 0 spiro atoms. The predicted octanol–water partition coefficient (Wildman–Crippen LogP) is 1.30. The van der Waals surface area contributed by atoms with E-state index in [9.17, 15) is 4.79 Å². The molecule has 2 aromatic rings. The van der Waals surface area contributed by atoms with Crippen LogP contribution in [0.5, 0.6) is 0 Å². The summed E-state index contributed by atoms with van der Waals surface area (Å²) in [4.78, 5) is 23.9. The Hall–Kier alpha value is -2.26. The quantitative estimate of drug-likeness (QED) is 0.744. The summed E-state index contributed by atoms with van der Waals surface area (Å²) in [5.74, 6) is 0.283. The third-order valence-corrected chi connectivity index (χ3v) is 4.32. The Labute approximate surface area is 145 Å². The molecular formula is C16H23N5O4. The van der Waals surface area contributed by atoms with Gasteiger partial charge in [-0.1, -0.05) is 6.92 Å². The highest BCUT2D eigenvalue weighted by atomic mass is 16.6. The molecule has 9 heteroatoms. The van der Waals surface area contributed by atoms with Crippen LogP contribution in [-0.4, -0.2) is 51.4 Å². The van der Waals surface area contributed by atoms with Gasteiger partial charge in [-0.15, -0.1) is 0 Å². The average Bonchev–Trinajstić information content (AvgIpc) is 3.19. The number of ether oxygens (including phenoxy) is 3. The minimum Gasteiger partial charge on any atom is -0.464 e. The fourth-order valence-electron chi connectivity index (χ4n) is 3.12. The summed E-state index contributed by atoms with van der Waals surface area (Å²) in [7, 11) is 0. The van der Waals surface area contributed by atoms with Gasteiger partial charge >= 0.3 is 5.97 Å². The second-order valence-electron chi connectivity index (χ2n) is 5.96. The zero-order valence-electron chi connectivity index (χ0n) is 14.4. The number of nitrogens with zero attached hydrogens (tertiary/aromatic N) is 4. The van der Waals surface area contributed by atoms with Crippen LogP contribution in [0.1, 0.15) is 32.9 Å². The normalized spacial score (nSPS) is 23.2. The molecule has 3 rings (SSSR count). The van der Waals surface area contributed by atoms with Gasteiger partial charge in [-0.05, 0) is 19.8 Å². The van der Waals surface area contributed by atoms with Crippen molar-refractivity contribution < 1.29 is 19.0 Å². The lowest BCUT2D eigenvalue weighted by Crippen LogP contribution is -2.20. The molecule has 1 fully saturated rings. The Morgan fingerprint density at radius 3 is 3.00 bits per heavy atom. The SMILES string of the molecule is CCOC(=O)COCC1CC(CC)C(n2cnc3c(N)ncnc32)O1. The van der Waals surface area contributed by atoms with Gasteiger partial charge in [0.15, 0.2) is 11.5 Å². The highest BCUT2D eigenvalue weighted by Crippen LogP contribution is 2.38. The maximum atomic E-state index is 11.3. The molecular weight excluding hydrogens is 326 g/mol. The molecule has 3 heterocycles. The number of aromatic nitrogens is 4. The van der Waals surface area contributed by atoms with Crippen LogP contribution in [0.25, 0.3) is 11.2 Å². The van der Waals surface area contributed by atoms with E-state index < -0.39 is 0 Å². The van der Waals surface area contributed by atoms with E-state index >= 15 is 0 Å². The van der Waals surface area contributed by atoms with E-state index in [0.29, 0.717) is 36.1 Å². The van der Waals surface area contributed by atoms with Crippen molar-refractivity contribution in [2.75, 3.05) is 25.6 Å². The maximum absolute atomic E-state index is 11.3. The van der Waals surface area contributed by atoms with Gasteiger partial charge in [0.25, 0.3) is 0 Å². The van der Waals surface area contributed by atoms with E-state index in [1.807, 2.05) is 4.57 Å². The first-order valence-corrected chi connectivity index (χ1v) is 8.45. The fraction of sp³-hybridized carbons (Fsp3) is 0.625. The molecule has 0 radical (unpaired) electrons. The second-order valence-corrected chi connectivity index (χ2v) is 5.96. The summed E-state index contributed by atoms with van der Waals surface area (Å²) in [6.45, 7) is 4.51. The molecule has 0 aromatic carbocycles. The standard InChI is InChI=1S/C16H23N5O4/c1-3-10-5-11(6-23-7-12(22)24-4-2)25-16(10)21-9-20-13-14(17)18-8-19-15(13)21/h8-11,16H,3-7H2,1-2H3,(H2,17,18,19). The molecule has 2 N–H and O–H groups in total. The smallest absolute Gasteiger partial charge is 0.332 e. The second kappa shape index (κ2) is 7.75. The Bertz CT molecular complexity index is 734. The average molecular weight is 349 g/mol. The van der Waals surface area contributed by atoms with Crippen LogP contribution in [0.4, 0.5) is 5.82 Å². The first-order valence-electron chi connectivity index (χ1n) is 8.45. The van der Waals surface area contributed by atoms with Gasteiger partial charge < -0.3 is 19.9 Å².